The van der Waals surface area contributed by atoms with Gasteiger partial charge in [-0.05, 0) is 11.8 Å². The Morgan fingerprint density at radius 2 is 2.08 bits per heavy atom. The first-order valence-corrected chi connectivity index (χ1v) is 4.33. The quantitative estimate of drug-likeness (QED) is 0.752. The van der Waals surface area contributed by atoms with Crippen molar-refractivity contribution in [2.75, 3.05) is 0 Å². The average molecular weight is 200 g/mol. The van der Waals surface area contributed by atoms with Gasteiger partial charge in [-0.15, -0.1) is 11.8 Å². The van der Waals surface area contributed by atoms with Crippen LogP contribution in [0, 0.1) is 0 Å². The molecular weight excluding hydrogens is 189 g/mol. The largest absolute Gasteiger partial charge is 0.414 e. The highest BCUT2D eigenvalue weighted by molar-refractivity contribution is 8.02. The van der Waals surface area contributed by atoms with Crippen LogP contribution in [0.15, 0.2) is 12.0 Å². The molecule has 0 saturated heterocycles. The zero-order chi connectivity index (χ0) is 9.78. The van der Waals surface area contributed by atoms with E-state index in [0.29, 0.717) is 0 Å². The Morgan fingerprint density at radius 3 is 2.42 bits per heavy atom. The Morgan fingerprint density at radius 1 is 1.58 bits per heavy atom. The van der Waals surface area contributed by atoms with Gasteiger partial charge in [-0.1, -0.05) is 13.5 Å². The molecule has 0 aromatic rings. The fourth-order valence-corrected chi connectivity index (χ4v) is 1.29. The SMILES string of the molecule is C=CSC(C)CC(O)C(F)(F)F. The van der Waals surface area contributed by atoms with Crippen LogP contribution < -0.4 is 0 Å². The van der Waals surface area contributed by atoms with E-state index in [-0.39, 0.29) is 11.7 Å². The molecule has 0 heterocycles. The van der Waals surface area contributed by atoms with Gasteiger partial charge in [0.25, 0.3) is 0 Å². The Bertz CT molecular complexity index is 146. The smallest absolute Gasteiger partial charge is 0.384 e. The van der Waals surface area contributed by atoms with Gasteiger partial charge < -0.3 is 5.11 Å². The van der Waals surface area contributed by atoms with Crippen molar-refractivity contribution in [2.24, 2.45) is 0 Å². The van der Waals surface area contributed by atoms with Crippen molar-refractivity contribution >= 4 is 11.8 Å². The van der Waals surface area contributed by atoms with Gasteiger partial charge in [-0.3, -0.25) is 0 Å². The predicted molar refractivity (Wildman–Crippen MR) is 43.9 cm³/mol. The molecule has 1 nitrogen and oxygen atoms in total. The van der Waals surface area contributed by atoms with Crippen LogP contribution in [0.4, 0.5) is 13.2 Å². The second kappa shape index (κ2) is 4.77. The molecule has 72 valence electrons. The van der Waals surface area contributed by atoms with Crippen LogP contribution in [0.3, 0.4) is 0 Å². The molecule has 0 radical (unpaired) electrons. The van der Waals surface area contributed by atoms with Gasteiger partial charge in [0.1, 0.15) is 0 Å². The summed E-state index contributed by atoms with van der Waals surface area (Å²) in [6, 6.07) is 0. The minimum atomic E-state index is -4.50. The number of rotatable bonds is 4. The van der Waals surface area contributed by atoms with Crippen molar-refractivity contribution in [1.82, 2.24) is 0 Å². The van der Waals surface area contributed by atoms with Crippen LogP contribution in [-0.2, 0) is 0 Å². The first-order valence-electron chi connectivity index (χ1n) is 3.39. The second-order valence-corrected chi connectivity index (χ2v) is 3.82. The van der Waals surface area contributed by atoms with Gasteiger partial charge in [0.15, 0.2) is 6.10 Å². The van der Waals surface area contributed by atoms with Gasteiger partial charge in [-0.2, -0.15) is 13.2 Å². The summed E-state index contributed by atoms with van der Waals surface area (Å²) in [6.45, 7) is 4.98. The lowest BCUT2D eigenvalue weighted by Gasteiger charge is -2.17. The third kappa shape index (κ3) is 4.66. The fraction of sp³-hybridized carbons (Fsp3) is 0.714. The predicted octanol–water partition coefficient (Wildman–Crippen LogP) is 2.56. The molecule has 0 spiro atoms. The minimum absolute atomic E-state index is 0.265. The molecule has 2 atom stereocenters. The standard InChI is InChI=1S/C7H11F3OS/c1-3-12-5(2)4-6(11)7(8,9)10/h3,5-6,11H,1,4H2,2H3. The van der Waals surface area contributed by atoms with Crippen LogP contribution in [0.25, 0.3) is 0 Å². The van der Waals surface area contributed by atoms with Crippen molar-refractivity contribution in [3.63, 3.8) is 0 Å². The summed E-state index contributed by atoms with van der Waals surface area (Å²) in [6.07, 6.45) is -7.02. The monoisotopic (exact) mass is 200 g/mol. The van der Waals surface area contributed by atoms with Gasteiger partial charge in [0.05, 0.1) is 0 Å². The molecule has 0 rings (SSSR count). The molecule has 0 amide bonds. The van der Waals surface area contributed by atoms with Gasteiger partial charge in [-0.25, -0.2) is 0 Å². The summed E-state index contributed by atoms with van der Waals surface area (Å²) in [5, 5.41) is 9.81. The molecule has 0 aliphatic carbocycles. The Balaban J connectivity index is 3.83. The van der Waals surface area contributed by atoms with E-state index in [2.05, 4.69) is 6.58 Å². The van der Waals surface area contributed by atoms with E-state index < -0.39 is 12.3 Å². The Labute approximate surface area is 73.7 Å². The third-order valence-electron chi connectivity index (χ3n) is 1.26. The molecule has 0 fully saturated rings. The zero-order valence-corrected chi connectivity index (χ0v) is 7.45. The fourth-order valence-electron chi connectivity index (χ4n) is 0.668. The highest BCUT2D eigenvalue weighted by Gasteiger charge is 2.38. The summed E-state index contributed by atoms with van der Waals surface area (Å²) < 4.78 is 35.3. The van der Waals surface area contributed by atoms with Crippen molar-refractivity contribution in [1.29, 1.82) is 0 Å². The third-order valence-corrected chi connectivity index (χ3v) is 2.11. The zero-order valence-electron chi connectivity index (χ0n) is 6.64. The number of halogens is 3. The van der Waals surface area contributed by atoms with E-state index in [1.165, 1.54) is 17.2 Å². The molecule has 5 heteroatoms. The molecule has 1 N–H and O–H groups in total. The number of alkyl halides is 3. The highest BCUT2D eigenvalue weighted by Crippen LogP contribution is 2.26. The van der Waals surface area contributed by atoms with Crippen LogP contribution >= 0.6 is 11.8 Å². The van der Waals surface area contributed by atoms with E-state index in [0.717, 1.165) is 0 Å². The van der Waals surface area contributed by atoms with Crippen molar-refractivity contribution in [3.8, 4) is 0 Å². The van der Waals surface area contributed by atoms with Crippen LogP contribution in [0.2, 0.25) is 0 Å². The van der Waals surface area contributed by atoms with Crippen LogP contribution in [0.5, 0.6) is 0 Å². The van der Waals surface area contributed by atoms with E-state index in [4.69, 9.17) is 5.11 Å². The number of hydrogen-bond acceptors (Lipinski definition) is 2. The lowest BCUT2D eigenvalue weighted by molar-refractivity contribution is -0.205. The number of aliphatic hydroxyl groups excluding tert-OH is 1. The van der Waals surface area contributed by atoms with Gasteiger partial charge in [0, 0.05) is 5.25 Å². The molecule has 0 aromatic carbocycles. The first kappa shape index (κ1) is 11.8. The topological polar surface area (TPSA) is 20.2 Å². The van der Waals surface area contributed by atoms with E-state index in [1.807, 2.05) is 0 Å². The maximum absolute atomic E-state index is 11.8. The summed E-state index contributed by atoms with van der Waals surface area (Å²) in [5.41, 5.74) is 0. The average Bonchev–Trinajstić information content (AvgIpc) is 1.85. The molecule has 2 unspecified atom stereocenters. The maximum atomic E-state index is 11.8. The van der Waals surface area contributed by atoms with E-state index >= 15 is 0 Å². The summed E-state index contributed by atoms with van der Waals surface area (Å²) >= 11 is 1.18. The molecule has 12 heavy (non-hydrogen) atoms. The maximum Gasteiger partial charge on any atom is 0.414 e. The van der Waals surface area contributed by atoms with Crippen molar-refractivity contribution in [2.45, 2.75) is 30.9 Å². The molecular formula is C7H11F3OS. The molecule has 0 aliphatic heterocycles. The van der Waals surface area contributed by atoms with Crippen LogP contribution in [-0.4, -0.2) is 22.6 Å². The van der Waals surface area contributed by atoms with Crippen molar-refractivity contribution in [3.05, 3.63) is 12.0 Å². The van der Waals surface area contributed by atoms with Gasteiger partial charge >= 0.3 is 6.18 Å². The summed E-state index contributed by atoms with van der Waals surface area (Å²) in [4.78, 5) is 0. The molecule has 0 aromatic heterocycles. The molecule has 0 bridgehead atoms. The normalized spacial score (nSPS) is 17.1. The number of thioether (sulfide) groups is 1. The Kier molecular flexibility index (Phi) is 4.70. The van der Waals surface area contributed by atoms with Gasteiger partial charge in [0.2, 0.25) is 0 Å². The minimum Gasteiger partial charge on any atom is -0.384 e. The molecule has 0 saturated carbocycles. The second-order valence-electron chi connectivity index (χ2n) is 2.41. The van der Waals surface area contributed by atoms with E-state index in [1.54, 1.807) is 6.92 Å². The van der Waals surface area contributed by atoms with Crippen LogP contribution in [0.1, 0.15) is 13.3 Å². The lowest BCUT2D eigenvalue weighted by atomic mass is 10.2. The first-order chi connectivity index (χ1) is 5.38. The number of hydrogen-bond donors (Lipinski definition) is 1. The summed E-state index contributed by atoms with van der Waals surface area (Å²) in [7, 11) is 0. The van der Waals surface area contributed by atoms with E-state index in [9.17, 15) is 13.2 Å². The van der Waals surface area contributed by atoms with Crippen molar-refractivity contribution < 1.29 is 18.3 Å². The number of aliphatic hydroxyl groups is 1. The Hall–Kier alpha value is -0.160. The molecule has 0 aliphatic rings. The summed E-state index contributed by atoms with van der Waals surface area (Å²) in [5.74, 6) is 0. The lowest BCUT2D eigenvalue weighted by Crippen LogP contribution is -2.30. The highest BCUT2D eigenvalue weighted by atomic mass is 32.2.